The lowest BCUT2D eigenvalue weighted by Crippen LogP contribution is -2.32. The van der Waals surface area contributed by atoms with E-state index in [1.165, 1.54) is 6.92 Å². The molecular weight excluding hydrogens is 299 g/mol. The molecule has 1 aliphatic carbocycles. The maximum absolute atomic E-state index is 12.4. The highest BCUT2D eigenvalue weighted by Gasteiger charge is 2.45. The highest BCUT2D eigenvalue weighted by atomic mass is 19.4. The van der Waals surface area contributed by atoms with Crippen LogP contribution in [0.2, 0.25) is 0 Å². The normalized spacial score (nSPS) is 16.4. The molecule has 1 fully saturated rings. The fraction of sp³-hybridized carbons (Fsp3) is 0.357. The molecule has 0 aliphatic heterocycles. The molecule has 22 heavy (non-hydrogen) atoms. The molecule has 116 valence electrons. The number of amides is 1. The molecule has 0 radical (unpaired) electrons. The van der Waals surface area contributed by atoms with Crippen molar-refractivity contribution >= 4 is 5.91 Å². The molecule has 1 aromatic heterocycles. The van der Waals surface area contributed by atoms with Crippen LogP contribution >= 0.6 is 0 Å². The number of alkyl halides is 3. The molecule has 1 aromatic carbocycles. The van der Waals surface area contributed by atoms with Crippen LogP contribution in [0.5, 0.6) is 0 Å². The molecule has 3 rings (SSSR count). The number of aromatic nitrogens is 2. The zero-order valence-electron chi connectivity index (χ0n) is 11.6. The van der Waals surface area contributed by atoms with E-state index in [-0.39, 0.29) is 17.3 Å². The van der Waals surface area contributed by atoms with Gasteiger partial charge in [-0.1, -0.05) is 29.4 Å². The summed E-state index contributed by atoms with van der Waals surface area (Å²) < 4.78 is 41.5. The third-order valence-electron chi connectivity index (χ3n) is 3.53. The molecule has 1 saturated carbocycles. The second-order valence-electron chi connectivity index (χ2n) is 5.26. The topological polar surface area (TPSA) is 68.0 Å². The average Bonchev–Trinajstić information content (AvgIpc) is 3.02. The molecule has 0 atom stereocenters. The van der Waals surface area contributed by atoms with Gasteiger partial charge in [0.1, 0.15) is 0 Å². The summed E-state index contributed by atoms with van der Waals surface area (Å²) in [7, 11) is 0. The van der Waals surface area contributed by atoms with E-state index in [4.69, 9.17) is 0 Å². The molecule has 0 unspecified atom stereocenters. The quantitative estimate of drug-likeness (QED) is 0.946. The van der Waals surface area contributed by atoms with E-state index in [0.29, 0.717) is 5.56 Å². The van der Waals surface area contributed by atoms with E-state index in [9.17, 15) is 18.0 Å². The van der Waals surface area contributed by atoms with E-state index in [1.54, 1.807) is 24.3 Å². The highest BCUT2D eigenvalue weighted by molar-refractivity contribution is 5.75. The van der Waals surface area contributed by atoms with E-state index >= 15 is 0 Å². The minimum atomic E-state index is -4.66. The van der Waals surface area contributed by atoms with Gasteiger partial charge in [0.25, 0.3) is 0 Å². The molecule has 2 aromatic rings. The lowest BCUT2D eigenvalue weighted by molar-refractivity contribution is -0.159. The Hall–Kier alpha value is -2.38. The Balaban J connectivity index is 1.83. The second-order valence-corrected chi connectivity index (χ2v) is 5.26. The number of halogens is 3. The second kappa shape index (κ2) is 4.82. The summed E-state index contributed by atoms with van der Waals surface area (Å²) in [5.74, 6) is -1.61. The highest BCUT2D eigenvalue weighted by Crippen LogP contribution is 2.45. The van der Waals surface area contributed by atoms with E-state index in [0.717, 1.165) is 18.4 Å². The van der Waals surface area contributed by atoms with E-state index in [2.05, 4.69) is 20.0 Å². The fourth-order valence-corrected chi connectivity index (χ4v) is 2.34. The van der Waals surface area contributed by atoms with Crippen molar-refractivity contribution in [3.8, 4) is 11.4 Å². The molecular formula is C14H12F3N3O2. The van der Waals surface area contributed by atoms with Gasteiger partial charge in [-0.3, -0.25) is 4.79 Å². The van der Waals surface area contributed by atoms with Crippen molar-refractivity contribution < 1.29 is 22.5 Å². The summed E-state index contributed by atoms with van der Waals surface area (Å²) in [5.41, 5.74) is 0.978. The van der Waals surface area contributed by atoms with Gasteiger partial charge >= 0.3 is 12.1 Å². The predicted octanol–water partition coefficient (Wildman–Crippen LogP) is 2.88. The first-order chi connectivity index (χ1) is 10.3. The zero-order chi connectivity index (χ0) is 16.0. The summed E-state index contributed by atoms with van der Waals surface area (Å²) in [6.07, 6.45) is -2.98. The largest absolute Gasteiger partial charge is 0.471 e. The number of carbonyl (C=O) groups excluding carboxylic acids is 1. The molecule has 1 aliphatic rings. The lowest BCUT2D eigenvalue weighted by Gasteiger charge is -2.16. The van der Waals surface area contributed by atoms with Crippen LogP contribution in [0.15, 0.2) is 28.8 Å². The fourth-order valence-electron chi connectivity index (χ4n) is 2.34. The summed E-state index contributed by atoms with van der Waals surface area (Å²) in [6, 6.07) is 6.73. The van der Waals surface area contributed by atoms with Gasteiger partial charge < -0.3 is 9.84 Å². The Morgan fingerprint density at radius 3 is 2.36 bits per heavy atom. The van der Waals surface area contributed by atoms with Gasteiger partial charge in [0.15, 0.2) is 0 Å². The first-order valence-electron chi connectivity index (χ1n) is 6.61. The van der Waals surface area contributed by atoms with Crippen LogP contribution in [0.4, 0.5) is 13.2 Å². The van der Waals surface area contributed by atoms with E-state index < -0.39 is 12.1 Å². The van der Waals surface area contributed by atoms with Gasteiger partial charge in [-0.2, -0.15) is 18.2 Å². The van der Waals surface area contributed by atoms with Crippen LogP contribution in [0.25, 0.3) is 11.4 Å². The Morgan fingerprint density at radius 1 is 1.27 bits per heavy atom. The van der Waals surface area contributed by atoms with Crippen LogP contribution in [0.1, 0.15) is 31.2 Å². The monoisotopic (exact) mass is 311 g/mol. The van der Waals surface area contributed by atoms with Crippen LogP contribution < -0.4 is 5.32 Å². The molecule has 1 amide bonds. The van der Waals surface area contributed by atoms with Crippen LogP contribution in [0, 0.1) is 0 Å². The number of benzene rings is 1. The van der Waals surface area contributed by atoms with Gasteiger partial charge in [0.05, 0.1) is 5.54 Å². The molecule has 0 saturated heterocycles. The van der Waals surface area contributed by atoms with Gasteiger partial charge in [-0.25, -0.2) is 0 Å². The molecule has 8 heteroatoms. The summed E-state index contributed by atoms with van der Waals surface area (Å²) in [6.45, 7) is 1.45. The Morgan fingerprint density at radius 2 is 1.91 bits per heavy atom. The number of carbonyl (C=O) groups is 1. The van der Waals surface area contributed by atoms with Crippen LogP contribution in [-0.2, 0) is 16.5 Å². The third kappa shape index (κ3) is 2.68. The molecule has 0 bridgehead atoms. The maximum Gasteiger partial charge on any atom is 0.471 e. The van der Waals surface area contributed by atoms with Crippen molar-refractivity contribution in [3.05, 3.63) is 35.7 Å². The Labute approximate surface area is 123 Å². The van der Waals surface area contributed by atoms with Crippen LogP contribution in [0.3, 0.4) is 0 Å². The van der Waals surface area contributed by atoms with Crippen molar-refractivity contribution in [1.82, 2.24) is 15.5 Å². The van der Waals surface area contributed by atoms with Gasteiger partial charge in [-0.15, -0.1) is 0 Å². The zero-order valence-corrected chi connectivity index (χ0v) is 11.6. The maximum atomic E-state index is 12.4. The third-order valence-corrected chi connectivity index (χ3v) is 3.53. The number of hydrogen-bond donors (Lipinski definition) is 1. The Kier molecular flexibility index (Phi) is 3.19. The number of nitrogens with zero attached hydrogens (tertiary/aromatic N) is 2. The minimum Gasteiger partial charge on any atom is -0.347 e. The van der Waals surface area contributed by atoms with Crippen molar-refractivity contribution in [2.75, 3.05) is 0 Å². The first-order valence-corrected chi connectivity index (χ1v) is 6.61. The molecule has 0 spiro atoms. The predicted molar refractivity (Wildman–Crippen MR) is 69.5 cm³/mol. The smallest absolute Gasteiger partial charge is 0.347 e. The van der Waals surface area contributed by atoms with Crippen LogP contribution in [-0.4, -0.2) is 16.0 Å². The molecule has 1 N–H and O–H groups in total. The lowest BCUT2D eigenvalue weighted by atomic mass is 10.0. The van der Waals surface area contributed by atoms with E-state index in [1.807, 2.05) is 0 Å². The standard InChI is InChI=1S/C14H12F3N3O2/c1-8(21)19-13(6-7-13)10-4-2-9(3-5-10)11-18-12(22-20-11)14(15,16)17/h2-5H,6-7H2,1H3,(H,19,21). The summed E-state index contributed by atoms with van der Waals surface area (Å²) >= 11 is 0. The molecule has 5 nitrogen and oxygen atoms in total. The molecule has 1 heterocycles. The first kappa shape index (κ1) is 14.6. The minimum absolute atomic E-state index is 0.116. The van der Waals surface area contributed by atoms with Crippen molar-refractivity contribution in [2.24, 2.45) is 0 Å². The Bertz CT molecular complexity index is 703. The number of hydrogen-bond acceptors (Lipinski definition) is 4. The van der Waals surface area contributed by atoms with Crippen molar-refractivity contribution in [3.63, 3.8) is 0 Å². The van der Waals surface area contributed by atoms with Gasteiger partial charge in [0, 0.05) is 12.5 Å². The SMILES string of the molecule is CC(=O)NC1(c2ccc(-c3noc(C(F)(F)F)n3)cc2)CC1. The number of rotatable bonds is 3. The number of nitrogens with one attached hydrogen (secondary N) is 1. The van der Waals surface area contributed by atoms with Crippen molar-refractivity contribution in [1.29, 1.82) is 0 Å². The van der Waals surface area contributed by atoms with Gasteiger partial charge in [-0.05, 0) is 18.4 Å². The van der Waals surface area contributed by atoms with Crippen molar-refractivity contribution in [2.45, 2.75) is 31.5 Å². The average molecular weight is 311 g/mol. The van der Waals surface area contributed by atoms with Gasteiger partial charge in [0.2, 0.25) is 11.7 Å². The summed E-state index contributed by atoms with van der Waals surface area (Å²) in [4.78, 5) is 14.5. The summed E-state index contributed by atoms with van der Waals surface area (Å²) in [5, 5.41) is 6.23.